The third kappa shape index (κ3) is 5.55. The minimum Gasteiger partial charge on any atom is -0.493 e. The fraction of sp³-hybridized carbons (Fsp3) is 0.625. The van der Waals surface area contributed by atoms with Crippen molar-refractivity contribution in [3.63, 3.8) is 0 Å². The Morgan fingerprint density at radius 1 is 1.15 bits per heavy atom. The predicted molar refractivity (Wildman–Crippen MR) is 141 cm³/mol. The lowest BCUT2D eigenvalue weighted by Crippen LogP contribution is -2.48. The van der Waals surface area contributed by atoms with Gasteiger partial charge in [-0.2, -0.15) is 5.10 Å². The van der Waals surface area contributed by atoms with E-state index in [1.54, 1.807) is 14.2 Å². The van der Waals surface area contributed by atoms with Crippen LogP contribution in [0.25, 0.3) is 0 Å². The van der Waals surface area contributed by atoms with E-state index < -0.39 is 0 Å². The van der Waals surface area contributed by atoms with Crippen LogP contribution in [0.15, 0.2) is 23.2 Å². The Bertz CT molecular complexity index is 954. The van der Waals surface area contributed by atoms with E-state index in [0.717, 1.165) is 67.9 Å². The van der Waals surface area contributed by atoms with Crippen LogP contribution in [0.1, 0.15) is 68.2 Å². The molecule has 1 aliphatic carbocycles. The van der Waals surface area contributed by atoms with Gasteiger partial charge in [0.2, 0.25) is 0 Å². The minimum atomic E-state index is 0. The van der Waals surface area contributed by atoms with Crippen LogP contribution in [-0.4, -0.2) is 48.5 Å². The molecule has 33 heavy (non-hydrogen) atoms. The van der Waals surface area contributed by atoms with Gasteiger partial charge in [0.25, 0.3) is 0 Å². The summed E-state index contributed by atoms with van der Waals surface area (Å²) in [5.41, 5.74) is 1.34. The van der Waals surface area contributed by atoms with Crippen molar-refractivity contribution in [1.29, 1.82) is 0 Å². The summed E-state index contributed by atoms with van der Waals surface area (Å²) in [7, 11) is 5.21. The maximum Gasteiger partial charge on any atom is 0.191 e. The first-order valence-corrected chi connectivity index (χ1v) is 11.7. The summed E-state index contributed by atoms with van der Waals surface area (Å²) in [6.45, 7) is 3.70. The molecule has 2 aromatic rings. The molecule has 1 fully saturated rings. The summed E-state index contributed by atoms with van der Waals surface area (Å²) in [4.78, 5) is 9.17. The van der Waals surface area contributed by atoms with Gasteiger partial charge in [0.1, 0.15) is 11.6 Å². The van der Waals surface area contributed by atoms with Gasteiger partial charge in [0, 0.05) is 25.6 Å². The number of hydrogen-bond donors (Lipinski definition) is 2. The average molecular weight is 569 g/mol. The highest BCUT2D eigenvalue weighted by Crippen LogP contribution is 2.42. The molecule has 2 heterocycles. The molecular formula is C24H37IN6O2. The van der Waals surface area contributed by atoms with Gasteiger partial charge in [-0.05, 0) is 50.3 Å². The second-order valence-corrected chi connectivity index (χ2v) is 8.92. The number of nitrogens with one attached hydrogen (secondary N) is 2. The molecule has 1 aromatic carbocycles. The summed E-state index contributed by atoms with van der Waals surface area (Å²) < 4.78 is 13.1. The van der Waals surface area contributed by atoms with Crippen molar-refractivity contribution < 1.29 is 9.47 Å². The first kappa shape index (κ1) is 25.6. The number of rotatable bonds is 6. The Morgan fingerprint density at radius 2 is 1.91 bits per heavy atom. The summed E-state index contributed by atoms with van der Waals surface area (Å²) in [6.07, 6.45) is 8.14. The Balaban J connectivity index is 0.00000306. The summed E-state index contributed by atoms with van der Waals surface area (Å²) in [5.74, 6) is 4.20. The molecule has 182 valence electrons. The zero-order chi connectivity index (χ0) is 22.6. The van der Waals surface area contributed by atoms with Crippen LogP contribution in [0.3, 0.4) is 0 Å². The first-order chi connectivity index (χ1) is 15.6. The van der Waals surface area contributed by atoms with Crippen LogP contribution >= 0.6 is 24.0 Å². The molecule has 0 spiro atoms. The number of hydrogen-bond acceptors (Lipinski definition) is 5. The first-order valence-electron chi connectivity index (χ1n) is 11.7. The second-order valence-electron chi connectivity index (χ2n) is 8.92. The van der Waals surface area contributed by atoms with Gasteiger partial charge in [-0.25, -0.2) is 9.67 Å². The zero-order valence-electron chi connectivity index (χ0n) is 20.2. The number of ether oxygens (including phenoxy) is 2. The fourth-order valence-corrected chi connectivity index (χ4v) is 5.18. The molecule has 0 bridgehead atoms. The van der Waals surface area contributed by atoms with Gasteiger partial charge >= 0.3 is 0 Å². The van der Waals surface area contributed by atoms with Crippen LogP contribution < -0.4 is 20.1 Å². The molecule has 1 unspecified atom stereocenters. The molecule has 8 nitrogen and oxygen atoms in total. The number of guanidine groups is 1. The lowest BCUT2D eigenvalue weighted by atomic mass is 9.69. The highest BCUT2D eigenvalue weighted by molar-refractivity contribution is 14.0. The average Bonchev–Trinajstić information content (AvgIpc) is 3.22. The highest BCUT2D eigenvalue weighted by atomic mass is 127. The highest BCUT2D eigenvalue weighted by Gasteiger charge is 2.35. The molecule has 2 N–H and O–H groups in total. The lowest BCUT2D eigenvalue weighted by Gasteiger charge is -2.39. The molecule has 2 aliphatic rings. The standard InChI is InChI=1S/C24H36N6O2.HI/c1-17-27-22-19(9-8-14-30(22)29-17)28-23(25-2)26-16-24(12-6-5-7-13-24)18-10-11-20(31-3)21(15-18)32-4;/h10-11,15,19H,5-9,12-14,16H2,1-4H3,(H2,25,26,28);1H. The quantitative estimate of drug-likeness (QED) is 0.310. The number of fused-ring (bicyclic) bond motifs is 1. The van der Waals surface area contributed by atoms with Gasteiger partial charge in [0.05, 0.1) is 20.3 Å². The Labute approximate surface area is 214 Å². The Morgan fingerprint density at radius 3 is 2.61 bits per heavy atom. The van der Waals surface area contributed by atoms with Gasteiger partial charge in [0.15, 0.2) is 17.5 Å². The van der Waals surface area contributed by atoms with E-state index in [1.165, 1.54) is 24.8 Å². The largest absolute Gasteiger partial charge is 0.493 e. The van der Waals surface area contributed by atoms with E-state index in [-0.39, 0.29) is 35.4 Å². The van der Waals surface area contributed by atoms with Gasteiger partial charge in [-0.3, -0.25) is 4.99 Å². The number of aromatic nitrogens is 3. The van der Waals surface area contributed by atoms with Crippen LogP contribution in [0.2, 0.25) is 0 Å². The number of aliphatic imine (C=N–C) groups is 1. The molecule has 0 amide bonds. The fourth-order valence-electron chi connectivity index (χ4n) is 5.18. The lowest BCUT2D eigenvalue weighted by molar-refractivity contribution is 0.287. The predicted octanol–water partition coefficient (Wildman–Crippen LogP) is 4.12. The van der Waals surface area contributed by atoms with Crippen molar-refractivity contribution in [2.45, 2.75) is 69.9 Å². The van der Waals surface area contributed by atoms with Crippen LogP contribution in [-0.2, 0) is 12.0 Å². The summed E-state index contributed by atoms with van der Waals surface area (Å²) >= 11 is 0. The SMILES string of the molecule is CN=C(NCC1(c2ccc(OC)c(OC)c2)CCCCC1)NC1CCCn2nc(C)nc21.I. The van der Waals surface area contributed by atoms with E-state index in [1.807, 2.05) is 24.7 Å². The molecule has 1 saturated carbocycles. The van der Waals surface area contributed by atoms with Gasteiger partial charge in [-0.15, -0.1) is 24.0 Å². The molecule has 1 aromatic heterocycles. The molecule has 1 aliphatic heterocycles. The van der Waals surface area contributed by atoms with Crippen LogP contribution in [0.4, 0.5) is 0 Å². The summed E-state index contributed by atoms with van der Waals surface area (Å²) in [6, 6.07) is 6.49. The van der Waals surface area contributed by atoms with Crippen molar-refractivity contribution in [3.05, 3.63) is 35.4 Å². The molecular weight excluding hydrogens is 531 g/mol. The van der Waals surface area contributed by atoms with E-state index in [0.29, 0.717) is 0 Å². The van der Waals surface area contributed by atoms with Crippen LogP contribution in [0, 0.1) is 6.92 Å². The van der Waals surface area contributed by atoms with Crippen molar-refractivity contribution >= 4 is 29.9 Å². The van der Waals surface area contributed by atoms with E-state index >= 15 is 0 Å². The topological polar surface area (TPSA) is 85.6 Å². The molecule has 9 heteroatoms. The number of halogens is 1. The minimum absolute atomic E-state index is 0. The molecule has 4 rings (SSSR count). The maximum absolute atomic E-state index is 5.60. The molecule has 0 saturated heterocycles. The molecule has 0 radical (unpaired) electrons. The van der Waals surface area contributed by atoms with Crippen molar-refractivity contribution in [2.75, 3.05) is 27.8 Å². The number of aryl methyl sites for hydroxylation is 2. The zero-order valence-corrected chi connectivity index (χ0v) is 22.5. The van der Waals surface area contributed by atoms with Crippen LogP contribution in [0.5, 0.6) is 11.5 Å². The van der Waals surface area contributed by atoms with E-state index in [2.05, 4.69) is 37.8 Å². The summed E-state index contributed by atoms with van der Waals surface area (Å²) in [5, 5.41) is 11.8. The number of nitrogens with zero attached hydrogens (tertiary/aromatic N) is 4. The van der Waals surface area contributed by atoms with Crippen molar-refractivity contribution in [3.8, 4) is 11.5 Å². The smallest absolute Gasteiger partial charge is 0.191 e. The Hall–Kier alpha value is -2.04. The van der Waals surface area contributed by atoms with E-state index in [9.17, 15) is 0 Å². The maximum atomic E-state index is 5.60. The third-order valence-electron chi connectivity index (χ3n) is 6.92. The van der Waals surface area contributed by atoms with Gasteiger partial charge in [-0.1, -0.05) is 25.3 Å². The number of methoxy groups -OCH3 is 2. The van der Waals surface area contributed by atoms with Crippen molar-refractivity contribution in [1.82, 2.24) is 25.4 Å². The second kappa shape index (κ2) is 11.4. The molecule has 1 atom stereocenters. The monoisotopic (exact) mass is 568 g/mol. The number of benzene rings is 1. The normalized spacial score (nSPS) is 19.8. The van der Waals surface area contributed by atoms with Gasteiger partial charge < -0.3 is 20.1 Å². The Kier molecular flexibility index (Phi) is 8.83. The van der Waals surface area contributed by atoms with E-state index in [4.69, 9.17) is 9.47 Å². The third-order valence-corrected chi connectivity index (χ3v) is 6.92. The van der Waals surface area contributed by atoms with Crippen molar-refractivity contribution in [2.24, 2.45) is 4.99 Å².